The van der Waals surface area contributed by atoms with E-state index in [1.807, 2.05) is 0 Å². The minimum atomic E-state index is -1.95. The summed E-state index contributed by atoms with van der Waals surface area (Å²) in [5.41, 5.74) is 11.5. The van der Waals surface area contributed by atoms with Crippen LogP contribution in [-0.2, 0) is 20.4 Å². The molecule has 2 aromatic rings. The molecule has 4 rings (SSSR count). The molecule has 0 aromatic heterocycles. The van der Waals surface area contributed by atoms with Gasteiger partial charge in [0.05, 0.1) is 0 Å². The van der Waals surface area contributed by atoms with Crippen LogP contribution in [0.25, 0.3) is 5.57 Å². The van der Waals surface area contributed by atoms with Crippen LogP contribution in [-0.4, -0.2) is 5.43 Å². The van der Waals surface area contributed by atoms with Gasteiger partial charge in [-0.25, -0.2) is 0 Å². The Morgan fingerprint density at radius 2 is 1.45 bits per heavy atom. The van der Waals surface area contributed by atoms with Gasteiger partial charge in [-0.2, -0.15) is 0 Å². The van der Waals surface area contributed by atoms with Gasteiger partial charge in [0.2, 0.25) is 0 Å². The Morgan fingerprint density at radius 3 is 2.03 bits per heavy atom. The van der Waals surface area contributed by atoms with Gasteiger partial charge in [-0.1, -0.05) is 0 Å². The standard InChI is InChI=1S/C15H10Cl.C9H13.C2H6Si.Zr/c16-15-8-4-7-13-12(9-10-14(13)15)11-5-2-1-3-6-11;1-6-5-7(2)9(4)8(6)3;1-3-2;/h1-10H;5H,1-4H3;1-2H3;. The molecule has 1 atom stereocenters. The predicted octanol–water partition coefficient (Wildman–Crippen LogP) is 8.17. The molecular formula is C26H29ClSiZr. The zero-order chi connectivity index (χ0) is 20.9. The molecule has 0 amide bonds. The Balaban J connectivity index is 1.94. The van der Waals surface area contributed by atoms with Crippen LogP contribution in [0.5, 0.6) is 0 Å². The third-order valence-corrected chi connectivity index (χ3v) is 26.9. The van der Waals surface area contributed by atoms with Gasteiger partial charge in [-0.15, -0.1) is 0 Å². The third-order valence-electron chi connectivity index (χ3n) is 6.91. The van der Waals surface area contributed by atoms with Crippen LogP contribution in [0.1, 0.15) is 48.0 Å². The molecule has 3 heteroatoms. The number of hydrogen-bond acceptors (Lipinski definition) is 0. The molecule has 2 aromatic carbocycles. The number of hydrogen-bond donors (Lipinski definition) is 0. The summed E-state index contributed by atoms with van der Waals surface area (Å²) in [7, 11) is 0. The molecule has 0 nitrogen and oxygen atoms in total. The summed E-state index contributed by atoms with van der Waals surface area (Å²) in [5, 5.41) is 0.964. The van der Waals surface area contributed by atoms with Crippen LogP contribution in [0.4, 0.5) is 0 Å². The summed E-state index contributed by atoms with van der Waals surface area (Å²) in [5.74, 6) is 0. The summed E-state index contributed by atoms with van der Waals surface area (Å²) < 4.78 is 1.29. The van der Waals surface area contributed by atoms with Crippen molar-refractivity contribution in [2.75, 3.05) is 0 Å². The van der Waals surface area contributed by atoms with Crippen LogP contribution in [0.2, 0.25) is 21.7 Å². The van der Waals surface area contributed by atoms with Gasteiger partial charge in [-0.3, -0.25) is 0 Å². The fourth-order valence-electron chi connectivity index (χ4n) is 5.14. The van der Waals surface area contributed by atoms with Crippen molar-refractivity contribution in [1.82, 2.24) is 0 Å². The topological polar surface area (TPSA) is 0 Å². The molecule has 0 saturated carbocycles. The average Bonchev–Trinajstić information content (AvgIpc) is 3.18. The Kier molecular flexibility index (Phi) is 6.09. The van der Waals surface area contributed by atoms with Crippen LogP contribution < -0.4 is 0 Å². The summed E-state index contributed by atoms with van der Waals surface area (Å²) in [6.45, 7) is 14.6. The number of allylic oxidation sites excluding steroid dienone is 5. The van der Waals surface area contributed by atoms with Crippen molar-refractivity contribution in [1.29, 1.82) is 0 Å². The molecule has 0 N–H and O–H groups in total. The zero-order valence-corrected chi connectivity index (χ0v) is 22.4. The molecule has 0 spiro atoms. The molecule has 2 aliphatic carbocycles. The van der Waals surface area contributed by atoms with Crippen LogP contribution >= 0.6 is 11.6 Å². The van der Waals surface area contributed by atoms with Gasteiger partial charge >= 0.3 is 190 Å². The molecule has 1 unspecified atom stereocenters. The van der Waals surface area contributed by atoms with Gasteiger partial charge in [0, 0.05) is 0 Å². The number of benzene rings is 2. The maximum absolute atomic E-state index is 6.89. The van der Waals surface area contributed by atoms with E-state index in [2.05, 4.69) is 95.4 Å². The van der Waals surface area contributed by atoms with Crippen molar-refractivity contribution in [3.8, 4) is 0 Å². The first kappa shape index (κ1) is 21.3. The van der Waals surface area contributed by atoms with E-state index >= 15 is 0 Å². The van der Waals surface area contributed by atoms with E-state index in [0.29, 0.717) is 3.63 Å². The van der Waals surface area contributed by atoms with Crippen molar-refractivity contribution in [3.63, 3.8) is 0 Å². The zero-order valence-electron chi connectivity index (χ0n) is 18.2. The fourth-order valence-corrected chi connectivity index (χ4v) is 26.2. The quantitative estimate of drug-likeness (QED) is 0.376. The Bertz CT molecular complexity index is 1090. The summed E-state index contributed by atoms with van der Waals surface area (Å²) in [4.78, 5) is 0. The second-order valence-corrected chi connectivity index (χ2v) is 27.0. The van der Waals surface area contributed by atoms with Gasteiger partial charge in [0.15, 0.2) is 0 Å². The van der Waals surface area contributed by atoms with E-state index in [0.717, 1.165) is 8.65 Å². The molecule has 0 radical (unpaired) electrons. The third kappa shape index (κ3) is 3.56. The minimum absolute atomic E-state index is 0.388. The second-order valence-electron chi connectivity index (χ2n) is 8.63. The van der Waals surface area contributed by atoms with Crippen molar-refractivity contribution >= 4 is 22.6 Å². The van der Waals surface area contributed by atoms with Crippen molar-refractivity contribution in [2.45, 2.75) is 48.0 Å². The summed E-state index contributed by atoms with van der Waals surface area (Å²) in [6, 6.07) is 17.4. The van der Waals surface area contributed by atoms with Crippen LogP contribution in [0, 0.1) is 0 Å². The van der Waals surface area contributed by atoms with Gasteiger partial charge in [0.25, 0.3) is 0 Å². The normalized spacial score (nSPS) is 19.0. The number of fused-ring (bicyclic) bond motifs is 1. The van der Waals surface area contributed by atoms with E-state index in [9.17, 15) is 0 Å². The monoisotopic (exact) mass is 494 g/mol. The molecule has 0 fully saturated rings. The van der Waals surface area contributed by atoms with Crippen LogP contribution in [0.3, 0.4) is 0 Å². The van der Waals surface area contributed by atoms with E-state index in [4.69, 9.17) is 11.6 Å². The van der Waals surface area contributed by atoms with Gasteiger partial charge < -0.3 is 0 Å². The molecule has 0 heterocycles. The van der Waals surface area contributed by atoms with Crippen molar-refractivity contribution < 1.29 is 20.4 Å². The number of halogens is 1. The first-order chi connectivity index (χ1) is 13.8. The van der Waals surface area contributed by atoms with Crippen molar-refractivity contribution in [2.24, 2.45) is 0 Å². The Morgan fingerprint density at radius 1 is 0.828 bits per heavy atom. The van der Waals surface area contributed by atoms with E-state index in [1.54, 1.807) is 22.3 Å². The Hall–Kier alpha value is -0.950. The number of rotatable bonds is 3. The van der Waals surface area contributed by atoms with E-state index in [1.165, 1.54) is 22.3 Å². The fraction of sp³-hybridized carbons (Fsp3) is 0.308. The molecular weight excluding hydrogens is 467 g/mol. The molecule has 0 bridgehead atoms. The first-order valence-electron chi connectivity index (χ1n) is 10.4. The molecule has 29 heavy (non-hydrogen) atoms. The van der Waals surface area contributed by atoms with Gasteiger partial charge in [0.1, 0.15) is 0 Å². The molecule has 2 aliphatic rings. The molecule has 0 aliphatic heterocycles. The molecule has 148 valence electrons. The van der Waals surface area contributed by atoms with Crippen molar-refractivity contribution in [3.05, 3.63) is 98.6 Å². The van der Waals surface area contributed by atoms with Gasteiger partial charge in [-0.05, 0) is 0 Å². The maximum atomic E-state index is 6.89. The second kappa shape index (κ2) is 8.29. The van der Waals surface area contributed by atoms with E-state index < -0.39 is 20.4 Å². The van der Waals surface area contributed by atoms with E-state index in [-0.39, 0.29) is 5.43 Å². The average molecular weight is 496 g/mol. The predicted molar refractivity (Wildman–Crippen MR) is 126 cm³/mol. The van der Waals surface area contributed by atoms with Crippen LogP contribution in [0.15, 0.2) is 76.9 Å². The summed E-state index contributed by atoms with van der Waals surface area (Å²) in [6.07, 6.45) is 2.61. The first-order valence-corrected chi connectivity index (χ1v) is 19.8. The Labute approximate surface area is 188 Å². The molecule has 0 saturated heterocycles. The SMILES string of the molecule is CC1=C(C)[CH]([Zr]([CH]2C=C(c3ccccc3)c3cccc(Cl)c32)=[Si](C)C)C(C)=C1C. The summed E-state index contributed by atoms with van der Waals surface area (Å²) >= 11 is 4.93.